The fourth-order valence-electron chi connectivity index (χ4n) is 4.18. The Morgan fingerprint density at radius 2 is 2.10 bits per heavy atom. The second kappa shape index (κ2) is 9.32. The highest BCUT2D eigenvalue weighted by molar-refractivity contribution is 5.86. The van der Waals surface area contributed by atoms with E-state index in [9.17, 15) is 9.90 Å². The molecule has 6 heteroatoms. The maximum Gasteiger partial charge on any atom is 0.217 e. The van der Waals surface area contributed by atoms with Gasteiger partial charge in [-0.15, -0.1) is 0 Å². The number of aryl methyl sites for hydroxylation is 1. The van der Waals surface area contributed by atoms with Gasteiger partial charge in [0, 0.05) is 48.7 Å². The molecule has 0 fully saturated rings. The van der Waals surface area contributed by atoms with Gasteiger partial charge in [0.2, 0.25) is 5.91 Å². The first kappa shape index (κ1) is 20.4. The van der Waals surface area contributed by atoms with Gasteiger partial charge in [-0.25, -0.2) is 0 Å². The number of aliphatic hydroxyl groups is 1. The Labute approximate surface area is 176 Å². The largest absolute Gasteiger partial charge is 0.492 e. The number of aromatic amines is 1. The SMILES string of the molecule is CC(=O)NC1CCc2[nH]c3cc(OCCNCC(O)c4ccccc4)ccc3c2C1. The van der Waals surface area contributed by atoms with E-state index in [1.165, 1.54) is 16.6 Å². The predicted molar refractivity (Wildman–Crippen MR) is 118 cm³/mol. The number of H-pyrrole nitrogens is 1. The third kappa shape index (κ3) is 4.83. The smallest absolute Gasteiger partial charge is 0.217 e. The van der Waals surface area contributed by atoms with Gasteiger partial charge < -0.3 is 25.5 Å². The van der Waals surface area contributed by atoms with E-state index in [0.717, 1.165) is 36.1 Å². The zero-order valence-electron chi connectivity index (χ0n) is 17.3. The number of aliphatic hydroxyl groups excluding tert-OH is 1. The molecule has 2 unspecified atom stereocenters. The van der Waals surface area contributed by atoms with Crippen molar-refractivity contribution >= 4 is 16.8 Å². The Morgan fingerprint density at radius 3 is 2.90 bits per heavy atom. The number of amides is 1. The predicted octanol–water partition coefficient (Wildman–Crippen LogP) is 2.86. The molecular formula is C24H29N3O3. The van der Waals surface area contributed by atoms with E-state index < -0.39 is 6.10 Å². The number of rotatable bonds is 8. The Kier molecular flexibility index (Phi) is 6.35. The van der Waals surface area contributed by atoms with Crippen LogP contribution in [0.4, 0.5) is 0 Å². The maximum atomic E-state index is 11.4. The van der Waals surface area contributed by atoms with Crippen LogP contribution in [-0.4, -0.2) is 41.7 Å². The second-order valence-electron chi connectivity index (χ2n) is 7.91. The number of nitrogens with one attached hydrogen (secondary N) is 3. The van der Waals surface area contributed by atoms with Crippen LogP contribution in [0.1, 0.15) is 36.3 Å². The molecule has 0 spiro atoms. The minimum atomic E-state index is -0.519. The number of carbonyl (C=O) groups excluding carboxylic acids is 1. The highest BCUT2D eigenvalue weighted by Crippen LogP contribution is 2.31. The van der Waals surface area contributed by atoms with Crippen molar-refractivity contribution in [1.82, 2.24) is 15.6 Å². The van der Waals surface area contributed by atoms with Crippen molar-refractivity contribution in [3.8, 4) is 5.75 Å². The normalized spacial score (nSPS) is 16.8. The minimum absolute atomic E-state index is 0.0314. The van der Waals surface area contributed by atoms with E-state index >= 15 is 0 Å². The first-order chi connectivity index (χ1) is 14.6. The molecule has 0 saturated carbocycles. The summed E-state index contributed by atoms with van der Waals surface area (Å²) in [4.78, 5) is 14.9. The Balaban J connectivity index is 1.29. The van der Waals surface area contributed by atoms with Gasteiger partial charge in [0.1, 0.15) is 12.4 Å². The summed E-state index contributed by atoms with van der Waals surface area (Å²) in [5.74, 6) is 0.855. The highest BCUT2D eigenvalue weighted by atomic mass is 16.5. The molecule has 6 nitrogen and oxygen atoms in total. The number of aromatic nitrogens is 1. The molecule has 3 aromatic rings. The molecule has 0 radical (unpaired) electrons. The van der Waals surface area contributed by atoms with Gasteiger partial charge >= 0.3 is 0 Å². The number of ether oxygens (including phenoxy) is 1. The molecule has 30 heavy (non-hydrogen) atoms. The van der Waals surface area contributed by atoms with Crippen molar-refractivity contribution < 1.29 is 14.6 Å². The Morgan fingerprint density at radius 1 is 1.27 bits per heavy atom. The third-order valence-corrected chi connectivity index (χ3v) is 5.64. The molecule has 1 aliphatic rings. The Hall–Kier alpha value is -2.83. The standard InChI is InChI=1S/C24H29N3O3/c1-16(28)26-18-7-10-22-21(13-18)20-9-8-19(14-23(20)27-22)30-12-11-25-15-24(29)17-5-3-2-4-6-17/h2-6,8-9,14,18,24-25,27,29H,7,10-13,15H2,1H3,(H,26,28). The van der Waals surface area contributed by atoms with Crippen LogP contribution in [0.2, 0.25) is 0 Å². The summed E-state index contributed by atoms with van der Waals surface area (Å²) >= 11 is 0. The number of hydrogen-bond acceptors (Lipinski definition) is 4. The van der Waals surface area contributed by atoms with E-state index in [-0.39, 0.29) is 11.9 Å². The summed E-state index contributed by atoms with van der Waals surface area (Å²) in [5.41, 5.74) is 4.56. The summed E-state index contributed by atoms with van der Waals surface area (Å²) in [6.45, 7) is 3.25. The lowest BCUT2D eigenvalue weighted by Gasteiger charge is -2.23. The molecule has 1 heterocycles. The summed E-state index contributed by atoms with van der Waals surface area (Å²) < 4.78 is 5.89. The van der Waals surface area contributed by atoms with Crippen LogP contribution in [-0.2, 0) is 17.6 Å². The summed E-state index contributed by atoms with van der Waals surface area (Å²) in [6.07, 6.45) is 2.25. The van der Waals surface area contributed by atoms with Gasteiger partial charge in [-0.3, -0.25) is 4.79 Å². The van der Waals surface area contributed by atoms with Gasteiger partial charge in [0.25, 0.3) is 0 Å². The first-order valence-electron chi connectivity index (χ1n) is 10.6. The van der Waals surface area contributed by atoms with Crippen LogP contribution in [0.3, 0.4) is 0 Å². The maximum absolute atomic E-state index is 11.4. The summed E-state index contributed by atoms with van der Waals surface area (Å²) in [5, 5.41) is 17.7. The average molecular weight is 408 g/mol. The molecule has 4 N–H and O–H groups in total. The van der Waals surface area contributed by atoms with Crippen LogP contribution < -0.4 is 15.4 Å². The molecule has 0 saturated heterocycles. The van der Waals surface area contributed by atoms with Gasteiger partial charge in [0.15, 0.2) is 0 Å². The zero-order valence-corrected chi connectivity index (χ0v) is 17.3. The number of hydrogen-bond donors (Lipinski definition) is 4. The minimum Gasteiger partial charge on any atom is -0.492 e. The van der Waals surface area contributed by atoms with Crippen molar-refractivity contribution in [3.63, 3.8) is 0 Å². The number of fused-ring (bicyclic) bond motifs is 3. The third-order valence-electron chi connectivity index (χ3n) is 5.64. The van der Waals surface area contributed by atoms with Gasteiger partial charge in [-0.1, -0.05) is 30.3 Å². The van der Waals surface area contributed by atoms with Crippen molar-refractivity contribution in [2.45, 2.75) is 38.3 Å². The molecule has 2 aromatic carbocycles. The summed E-state index contributed by atoms with van der Waals surface area (Å²) in [6, 6.07) is 16.0. The molecule has 0 bridgehead atoms. The quantitative estimate of drug-likeness (QED) is 0.433. The molecule has 1 aliphatic carbocycles. The van der Waals surface area contributed by atoms with Crippen LogP contribution >= 0.6 is 0 Å². The molecule has 1 amide bonds. The van der Waals surface area contributed by atoms with Crippen LogP contribution in [0, 0.1) is 0 Å². The number of carbonyl (C=O) groups is 1. The van der Waals surface area contributed by atoms with E-state index in [0.29, 0.717) is 19.7 Å². The van der Waals surface area contributed by atoms with Crippen LogP contribution in [0.25, 0.3) is 10.9 Å². The van der Waals surface area contributed by atoms with Crippen LogP contribution in [0.5, 0.6) is 5.75 Å². The lowest BCUT2D eigenvalue weighted by molar-refractivity contribution is -0.119. The first-order valence-corrected chi connectivity index (χ1v) is 10.6. The van der Waals surface area contributed by atoms with E-state index in [2.05, 4.69) is 21.7 Å². The lowest BCUT2D eigenvalue weighted by Crippen LogP contribution is -2.37. The van der Waals surface area contributed by atoms with Crippen LogP contribution in [0.15, 0.2) is 48.5 Å². The molecule has 158 valence electrons. The monoisotopic (exact) mass is 407 g/mol. The van der Waals surface area contributed by atoms with E-state index in [4.69, 9.17) is 4.74 Å². The van der Waals surface area contributed by atoms with E-state index in [1.807, 2.05) is 42.5 Å². The molecule has 0 aliphatic heterocycles. The molecule has 1 aromatic heterocycles. The van der Waals surface area contributed by atoms with Crippen molar-refractivity contribution in [1.29, 1.82) is 0 Å². The summed E-state index contributed by atoms with van der Waals surface area (Å²) in [7, 11) is 0. The van der Waals surface area contributed by atoms with Gasteiger partial charge in [-0.2, -0.15) is 0 Å². The number of benzene rings is 2. The van der Waals surface area contributed by atoms with E-state index in [1.54, 1.807) is 6.92 Å². The molecule has 2 atom stereocenters. The van der Waals surface area contributed by atoms with Crippen molar-refractivity contribution in [2.75, 3.05) is 19.7 Å². The Bertz CT molecular complexity index is 1000. The van der Waals surface area contributed by atoms with Gasteiger partial charge in [-0.05, 0) is 42.5 Å². The van der Waals surface area contributed by atoms with Gasteiger partial charge in [0.05, 0.1) is 6.10 Å². The molecular weight excluding hydrogens is 378 g/mol. The second-order valence-corrected chi connectivity index (χ2v) is 7.91. The van der Waals surface area contributed by atoms with Crippen molar-refractivity contribution in [3.05, 3.63) is 65.4 Å². The average Bonchev–Trinajstić information content (AvgIpc) is 3.10. The fraction of sp³-hybridized carbons (Fsp3) is 0.375. The zero-order chi connectivity index (χ0) is 20.9. The lowest BCUT2D eigenvalue weighted by atomic mass is 9.91. The fourth-order valence-corrected chi connectivity index (χ4v) is 4.18. The topological polar surface area (TPSA) is 86.4 Å². The highest BCUT2D eigenvalue weighted by Gasteiger charge is 2.23. The molecule has 4 rings (SSSR count). The van der Waals surface area contributed by atoms with Crippen molar-refractivity contribution in [2.24, 2.45) is 0 Å².